The lowest BCUT2D eigenvalue weighted by molar-refractivity contribution is 0.0773. The van der Waals surface area contributed by atoms with Gasteiger partial charge in [-0.1, -0.05) is 19.6 Å². The number of aliphatic hydroxyl groups is 1. The second-order valence-electron chi connectivity index (χ2n) is 11.0. The molecule has 0 aliphatic carbocycles. The van der Waals surface area contributed by atoms with Crippen LogP contribution in [0.15, 0.2) is 47.4 Å². The van der Waals surface area contributed by atoms with Crippen LogP contribution in [0.4, 0.5) is 14.7 Å². The monoisotopic (exact) mass is 565 g/mol. The molecule has 2 aromatic heterocycles. The Bertz CT molecular complexity index is 1450. The molecule has 0 radical (unpaired) electrons. The van der Waals surface area contributed by atoms with Crippen molar-refractivity contribution in [3.8, 4) is 11.3 Å². The summed E-state index contributed by atoms with van der Waals surface area (Å²) in [5.74, 6) is 0.0933. The van der Waals surface area contributed by atoms with Crippen LogP contribution in [0.25, 0.3) is 22.3 Å². The highest BCUT2D eigenvalue weighted by Gasteiger charge is 2.31. The zero-order valence-electron chi connectivity index (χ0n) is 24.8. The van der Waals surface area contributed by atoms with Gasteiger partial charge in [0.2, 0.25) is 5.95 Å². The Balaban J connectivity index is 1.54. The fourth-order valence-corrected chi connectivity index (χ4v) is 5.93. The molecule has 0 spiro atoms. The van der Waals surface area contributed by atoms with Gasteiger partial charge in [-0.2, -0.15) is 0 Å². The Morgan fingerprint density at radius 1 is 1.20 bits per heavy atom. The van der Waals surface area contributed by atoms with Crippen molar-refractivity contribution in [1.82, 2.24) is 24.4 Å². The number of imidazole rings is 1. The maximum atomic E-state index is 15.0. The van der Waals surface area contributed by atoms with Gasteiger partial charge in [0.1, 0.15) is 22.9 Å². The van der Waals surface area contributed by atoms with Gasteiger partial charge in [-0.15, -0.1) is 0 Å². The number of allylic oxidation sites excluding steroid dienone is 1. The Hall–Kier alpha value is -3.50. The molecule has 0 bridgehead atoms. The first-order chi connectivity index (χ1) is 19.5. The molecule has 4 rings (SSSR count). The zero-order chi connectivity index (χ0) is 29.8. The van der Waals surface area contributed by atoms with Crippen molar-refractivity contribution in [3.05, 3.63) is 59.8 Å². The summed E-state index contributed by atoms with van der Waals surface area (Å²) in [4.78, 5) is 19.6. The summed E-state index contributed by atoms with van der Waals surface area (Å²) in [5, 5.41) is 13.6. The quantitative estimate of drug-likeness (QED) is 0.281. The van der Waals surface area contributed by atoms with E-state index in [0.29, 0.717) is 17.3 Å². The predicted octanol–water partition coefficient (Wildman–Crippen LogP) is 6.29. The van der Waals surface area contributed by atoms with Gasteiger partial charge in [0.05, 0.1) is 17.8 Å². The van der Waals surface area contributed by atoms with Crippen LogP contribution in [0.1, 0.15) is 59.3 Å². The number of aromatic nitrogens is 4. The number of halogens is 2. The molecule has 10 heteroatoms. The molecule has 0 saturated carbocycles. The van der Waals surface area contributed by atoms with Crippen molar-refractivity contribution < 1.29 is 13.9 Å². The van der Waals surface area contributed by atoms with E-state index in [2.05, 4.69) is 43.7 Å². The fourth-order valence-electron chi connectivity index (χ4n) is 5.93. The van der Waals surface area contributed by atoms with E-state index in [-0.39, 0.29) is 40.5 Å². The molecule has 2 N–H and O–H groups in total. The standard InChI is InChI=1S/C31H41F2N7O/c1-8-22(28(19(5)41)23-10-12-39(9-2)13-11-23)16-34-20(6)36-31-35-17-26(33)29(38-31)24-14-25(32)30-27(15-24)40(18(3)4)21(7)37-30/h8,14-19,23,28,41H,6,9-13H2,1-5,7H3,(H,35,36,38)/b22-8+,34-16?/t19-,28+/m1/s1. The van der Waals surface area contributed by atoms with Crippen molar-refractivity contribution in [2.24, 2.45) is 16.8 Å². The van der Waals surface area contributed by atoms with Crippen molar-refractivity contribution in [3.63, 3.8) is 0 Å². The Kier molecular flexibility index (Phi) is 9.65. The Morgan fingerprint density at radius 2 is 1.90 bits per heavy atom. The molecule has 8 nitrogen and oxygen atoms in total. The van der Waals surface area contributed by atoms with E-state index in [0.717, 1.165) is 44.2 Å². The SMILES string of the molecule is C=C(N=C/C(=C\C)[C@@H](C1CCN(CC)CC1)[C@@H](C)O)Nc1ncc(F)c(-c2cc(F)c3nc(C)n(C(C)C)c3c2)n1. The summed E-state index contributed by atoms with van der Waals surface area (Å²) in [6.07, 6.45) is 6.23. The number of nitrogens with one attached hydrogen (secondary N) is 1. The van der Waals surface area contributed by atoms with Crippen molar-refractivity contribution in [2.45, 2.75) is 66.5 Å². The number of likely N-dealkylation sites (tertiary alicyclic amines) is 1. The molecular weight excluding hydrogens is 524 g/mol. The number of aliphatic imine (C=N–C) groups is 1. The van der Waals surface area contributed by atoms with Crippen LogP contribution in [0.2, 0.25) is 0 Å². The van der Waals surface area contributed by atoms with E-state index in [9.17, 15) is 9.50 Å². The molecular formula is C31H41F2N7O. The molecule has 220 valence electrons. The normalized spacial score (nSPS) is 17.1. The maximum absolute atomic E-state index is 15.0. The second kappa shape index (κ2) is 13.0. The number of aryl methyl sites for hydroxylation is 1. The number of nitrogens with zero attached hydrogens (tertiary/aromatic N) is 6. The lowest BCUT2D eigenvalue weighted by Crippen LogP contribution is -2.39. The summed E-state index contributed by atoms with van der Waals surface area (Å²) in [7, 11) is 0. The molecule has 1 aromatic carbocycles. The molecule has 2 atom stereocenters. The number of fused-ring (bicyclic) bond motifs is 1. The van der Waals surface area contributed by atoms with Crippen LogP contribution in [0.5, 0.6) is 0 Å². The third-order valence-electron chi connectivity index (χ3n) is 7.91. The Morgan fingerprint density at radius 3 is 2.51 bits per heavy atom. The summed E-state index contributed by atoms with van der Waals surface area (Å²) in [6, 6.07) is 2.98. The Labute approximate surface area is 240 Å². The average Bonchev–Trinajstić information content (AvgIpc) is 3.28. The van der Waals surface area contributed by atoms with E-state index in [1.807, 2.05) is 45.3 Å². The minimum absolute atomic E-state index is 0.0444. The van der Waals surface area contributed by atoms with E-state index < -0.39 is 17.7 Å². The second-order valence-corrected chi connectivity index (χ2v) is 11.0. The highest BCUT2D eigenvalue weighted by molar-refractivity contribution is 5.83. The summed E-state index contributed by atoms with van der Waals surface area (Å²) < 4.78 is 31.8. The highest BCUT2D eigenvalue weighted by Crippen LogP contribution is 2.33. The molecule has 41 heavy (non-hydrogen) atoms. The van der Waals surface area contributed by atoms with E-state index in [1.165, 1.54) is 6.07 Å². The summed E-state index contributed by atoms with van der Waals surface area (Å²) >= 11 is 0. The summed E-state index contributed by atoms with van der Waals surface area (Å²) in [6.45, 7) is 18.7. The number of hydrogen-bond donors (Lipinski definition) is 2. The van der Waals surface area contributed by atoms with Gasteiger partial charge in [0.15, 0.2) is 11.6 Å². The highest BCUT2D eigenvalue weighted by atomic mass is 19.1. The van der Waals surface area contributed by atoms with Crippen molar-refractivity contribution in [2.75, 3.05) is 25.0 Å². The fraction of sp³-hybridized carbons (Fsp3) is 0.484. The van der Waals surface area contributed by atoms with Gasteiger partial charge >= 0.3 is 0 Å². The first-order valence-electron chi connectivity index (χ1n) is 14.3. The number of piperidine rings is 1. The molecule has 1 saturated heterocycles. The minimum atomic E-state index is -0.680. The van der Waals surface area contributed by atoms with Crippen LogP contribution >= 0.6 is 0 Å². The third kappa shape index (κ3) is 6.70. The third-order valence-corrected chi connectivity index (χ3v) is 7.91. The van der Waals surface area contributed by atoms with Crippen LogP contribution in [0, 0.1) is 30.4 Å². The van der Waals surface area contributed by atoms with Crippen LogP contribution < -0.4 is 5.32 Å². The lowest BCUT2D eigenvalue weighted by atomic mass is 9.77. The van der Waals surface area contributed by atoms with Gasteiger partial charge in [0, 0.05) is 23.7 Å². The smallest absolute Gasteiger partial charge is 0.229 e. The predicted molar refractivity (Wildman–Crippen MR) is 161 cm³/mol. The number of aliphatic hydroxyl groups excluding tert-OH is 1. The number of benzene rings is 1. The molecule has 1 aliphatic heterocycles. The largest absolute Gasteiger partial charge is 0.393 e. The van der Waals surface area contributed by atoms with Gasteiger partial charge in [0.25, 0.3) is 0 Å². The van der Waals surface area contributed by atoms with Gasteiger partial charge in [-0.25, -0.2) is 28.7 Å². The minimum Gasteiger partial charge on any atom is -0.393 e. The first kappa shape index (κ1) is 30.5. The molecule has 0 amide bonds. The van der Waals surface area contributed by atoms with Gasteiger partial charge in [-0.3, -0.25) is 0 Å². The number of hydrogen-bond acceptors (Lipinski definition) is 7. The summed E-state index contributed by atoms with van der Waals surface area (Å²) in [5.41, 5.74) is 1.97. The van der Waals surface area contributed by atoms with E-state index in [1.54, 1.807) is 12.3 Å². The molecule has 1 aliphatic rings. The molecule has 3 aromatic rings. The molecule has 3 heterocycles. The maximum Gasteiger partial charge on any atom is 0.229 e. The van der Waals surface area contributed by atoms with Crippen molar-refractivity contribution in [1.29, 1.82) is 0 Å². The number of anilines is 1. The number of rotatable bonds is 10. The molecule has 1 fully saturated rings. The van der Waals surface area contributed by atoms with E-state index in [4.69, 9.17) is 0 Å². The van der Waals surface area contributed by atoms with Crippen LogP contribution in [0.3, 0.4) is 0 Å². The van der Waals surface area contributed by atoms with Crippen LogP contribution in [-0.2, 0) is 0 Å². The zero-order valence-corrected chi connectivity index (χ0v) is 24.8. The van der Waals surface area contributed by atoms with Gasteiger partial charge < -0.3 is 19.9 Å². The first-order valence-corrected chi connectivity index (χ1v) is 14.3. The van der Waals surface area contributed by atoms with Gasteiger partial charge in [-0.05, 0) is 90.7 Å². The topological polar surface area (TPSA) is 91.5 Å². The average molecular weight is 566 g/mol. The van der Waals surface area contributed by atoms with Crippen molar-refractivity contribution >= 4 is 23.2 Å². The van der Waals surface area contributed by atoms with Crippen LogP contribution in [-0.4, -0.2) is 61.5 Å². The van der Waals surface area contributed by atoms with E-state index >= 15 is 4.39 Å². The lowest BCUT2D eigenvalue weighted by Gasteiger charge is -2.37. The molecule has 0 unspecified atom stereocenters.